The zero-order chi connectivity index (χ0) is 14.7. The summed E-state index contributed by atoms with van der Waals surface area (Å²) in [5.41, 5.74) is 11.1. The van der Waals surface area contributed by atoms with E-state index in [2.05, 4.69) is 41.4 Å². The molecule has 1 aliphatic rings. The van der Waals surface area contributed by atoms with Gasteiger partial charge in [-0.05, 0) is 30.9 Å². The van der Waals surface area contributed by atoms with Gasteiger partial charge in [-0.3, -0.25) is 5.10 Å². The number of anilines is 1. The molecule has 1 heterocycles. The number of nitrogens with two attached hydrogens (primary N) is 1. The number of aromatic amines is 1. The van der Waals surface area contributed by atoms with Gasteiger partial charge < -0.3 is 5.73 Å². The Kier molecular flexibility index (Phi) is 4.28. The molecule has 1 saturated carbocycles. The molecular formula is C18H25N3. The van der Waals surface area contributed by atoms with E-state index < -0.39 is 0 Å². The van der Waals surface area contributed by atoms with E-state index in [1.807, 2.05) is 0 Å². The molecule has 1 aromatic heterocycles. The SMILES string of the molecule is Cc1ccccc1-c1c(N)n[nH]c1C1CCCCCCC1. The molecule has 0 saturated heterocycles. The highest BCUT2D eigenvalue weighted by Gasteiger charge is 2.22. The predicted molar refractivity (Wildman–Crippen MR) is 88.2 cm³/mol. The molecule has 21 heavy (non-hydrogen) atoms. The summed E-state index contributed by atoms with van der Waals surface area (Å²) >= 11 is 0. The summed E-state index contributed by atoms with van der Waals surface area (Å²) in [5, 5.41) is 7.56. The van der Waals surface area contributed by atoms with Gasteiger partial charge in [-0.25, -0.2) is 0 Å². The molecular weight excluding hydrogens is 258 g/mol. The normalized spacial score (nSPS) is 17.4. The molecule has 3 nitrogen and oxygen atoms in total. The van der Waals surface area contributed by atoms with Crippen LogP contribution in [-0.4, -0.2) is 10.2 Å². The Morgan fingerprint density at radius 2 is 1.71 bits per heavy atom. The van der Waals surface area contributed by atoms with Crippen LogP contribution in [0.15, 0.2) is 24.3 Å². The minimum Gasteiger partial charge on any atom is -0.382 e. The lowest BCUT2D eigenvalue weighted by atomic mass is 9.85. The average molecular weight is 283 g/mol. The highest BCUT2D eigenvalue weighted by atomic mass is 15.2. The van der Waals surface area contributed by atoms with Gasteiger partial charge in [0.15, 0.2) is 5.82 Å². The maximum absolute atomic E-state index is 6.18. The second-order valence-electron chi connectivity index (χ2n) is 6.25. The van der Waals surface area contributed by atoms with Gasteiger partial charge in [-0.2, -0.15) is 5.10 Å². The zero-order valence-electron chi connectivity index (χ0n) is 12.9. The molecule has 3 rings (SSSR count). The Hall–Kier alpha value is -1.77. The molecule has 0 amide bonds. The van der Waals surface area contributed by atoms with E-state index in [0.717, 1.165) is 5.56 Å². The second-order valence-corrected chi connectivity index (χ2v) is 6.25. The van der Waals surface area contributed by atoms with Crippen LogP contribution in [0.25, 0.3) is 11.1 Å². The van der Waals surface area contributed by atoms with E-state index in [9.17, 15) is 0 Å². The maximum Gasteiger partial charge on any atom is 0.153 e. The fraction of sp³-hybridized carbons (Fsp3) is 0.500. The lowest BCUT2D eigenvalue weighted by Crippen LogP contribution is -2.05. The van der Waals surface area contributed by atoms with Crippen molar-refractivity contribution in [3.05, 3.63) is 35.5 Å². The van der Waals surface area contributed by atoms with Crippen molar-refractivity contribution in [3.63, 3.8) is 0 Å². The quantitative estimate of drug-likeness (QED) is 0.832. The fourth-order valence-electron chi connectivity index (χ4n) is 3.55. The highest BCUT2D eigenvalue weighted by molar-refractivity contribution is 5.78. The Labute approximate surface area is 127 Å². The van der Waals surface area contributed by atoms with E-state index in [-0.39, 0.29) is 0 Å². The Bertz CT molecular complexity index is 592. The number of nitrogen functional groups attached to an aromatic ring is 1. The number of hydrogen-bond donors (Lipinski definition) is 2. The summed E-state index contributed by atoms with van der Waals surface area (Å²) < 4.78 is 0. The molecule has 112 valence electrons. The van der Waals surface area contributed by atoms with E-state index >= 15 is 0 Å². The van der Waals surface area contributed by atoms with Crippen LogP contribution in [0.5, 0.6) is 0 Å². The maximum atomic E-state index is 6.18. The largest absolute Gasteiger partial charge is 0.382 e. The third-order valence-corrected chi connectivity index (χ3v) is 4.75. The number of hydrogen-bond acceptors (Lipinski definition) is 2. The summed E-state index contributed by atoms with van der Waals surface area (Å²) in [7, 11) is 0. The number of aromatic nitrogens is 2. The van der Waals surface area contributed by atoms with Gasteiger partial charge in [0.25, 0.3) is 0 Å². The van der Waals surface area contributed by atoms with Gasteiger partial charge in [0.1, 0.15) is 0 Å². The third kappa shape index (κ3) is 2.97. The lowest BCUT2D eigenvalue weighted by molar-refractivity contribution is 0.449. The van der Waals surface area contributed by atoms with Crippen molar-refractivity contribution in [2.75, 3.05) is 5.73 Å². The smallest absolute Gasteiger partial charge is 0.153 e. The average Bonchev–Trinajstić information content (AvgIpc) is 2.81. The molecule has 1 aliphatic carbocycles. The first-order valence-corrected chi connectivity index (χ1v) is 8.17. The molecule has 0 aliphatic heterocycles. The molecule has 2 aromatic rings. The van der Waals surface area contributed by atoms with Gasteiger partial charge in [-0.1, -0.05) is 56.4 Å². The van der Waals surface area contributed by atoms with Crippen LogP contribution in [-0.2, 0) is 0 Å². The highest BCUT2D eigenvalue weighted by Crippen LogP contribution is 2.39. The standard InChI is InChI=1S/C18H25N3/c1-13-9-7-8-12-15(13)16-17(20-21-18(16)19)14-10-5-3-2-4-6-11-14/h7-9,12,14H,2-6,10-11H2,1H3,(H3,19,20,21). The summed E-state index contributed by atoms with van der Waals surface area (Å²) in [6, 6.07) is 8.45. The minimum atomic E-state index is 0.574. The van der Waals surface area contributed by atoms with Crippen molar-refractivity contribution >= 4 is 5.82 Å². The number of nitrogens with one attached hydrogen (secondary N) is 1. The first-order valence-electron chi connectivity index (χ1n) is 8.17. The van der Waals surface area contributed by atoms with Crippen molar-refractivity contribution in [2.45, 2.75) is 57.8 Å². The first-order chi connectivity index (χ1) is 10.3. The molecule has 0 unspecified atom stereocenters. The van der Waals surface area contributed by atoms with Crippen LogP contribution < -0.4 is 5.73 Å². The zero-order valence-corrected chi connectivity index (χ0v) is 12.9. The molecule has 0 radical (unpaired) electrons. The molecule has 0 spiro atoms. The second kappa shape index (κ2) is 6.33. The van der Waals surface area contributed by atoms with Crippen LogP contribution in [0.3, 0.4) is 0 Å². The Morgan fingerprint density at radius 1 is 1.05 bits per heavy atom. The Balaban J connectivity index is 1.98. The molecule has 0 atom stereocenters. The van der Waals surface area contributed by atoms with Crippen molar-refractivity contribution < 1.29 is 0 Å². The van der Waals surface area contributed by atoms with Crippen LogP contribution >= 0.6 is 0 Å². The van der Waals surface area contributed by atoms with E-state index in [4.69, 9.17) is 5.73 Å². The van der Waals surface area contributed by atoms with Crippen LogP contribution in [0.1, 0.15) is 62.1 Å². The summed E-state index contributed by atoms with van der Waals surface area (Å²) in [6.07, 6.45) is 9.25. The van der Waals surface area contributed by atoms with E-state index in [0.29, 0.717) is 11.7 Å². The van der Waals surface area contributed by atoms with E-state index in [1.165, 1.54) is 61.8 Å². The summed E-state index contributed by atoms with van der Waals surface area (Å²) in [5.74, 6) is 1.21. The van der Waals surface area contributed by atoms with Gasteiger partial charge >= 0.3 is 0 Å². The van der Waals surface area contributed by atoms with E-state index in [1.54, 1.807) is 0 Å². The minimum absolute atomic E-state index is 0.574. The number of benzene rings is 1. The van der Waals surface area contributed by atoms with Gasteiger partial charge in [0, 0.05) is 17.2 Å². The molecule has 3 heteroatoms. The number of aryl methyl sites for hydroxylation is 1. The van der Waals surface area contributed by atoms with Gasteiger partial charge in [0.05, 0.1) is 0 Å². The number of H-pyrrole nitrogens is 1. The van der Waals surface area contributed by atoms with Crippen molar-refractivity contribution in [3.8, 4) is 11.1 Å². The van der Waals surface area contributed by atoms with Crippen LogP contribution in [0.2, 0.25) is 0 Å². The van der Waals surface area contributed by atoms with Gasteiger partial charge in [0.2, 0.25) is 0 Å². The van der Waals surface area contributed by atoms with Crippen molar-refractivity contribution in [1.29, 1.82) is 0 Å². The topological polar surface area (TPSA) is 54.7 Å². The lowest BCUT2D eigenvalue weighted by Gasteiger charge is -2.20. The first kappa shape index (κ1) is 14.2. The summed E-state index contributed by atoms with van der Waals surface area (Å²) in [4.78, 5) is 0. The molecule has 1 aromatic carbocycles. The summed E-state index contributed by atoms with van der Waals surface area (Å²) in [6.45, 7) is 2.14. The number of nitrogens with zero attached hydrogens (tertiary/aromatic N) is 1. The predicted octanol–water partition coefficient (Wildman–Crippen LogP) is 4.80. The van der Waals surface area contributed by atoms with Crippen LogP contribution in [0, 0.1) is 6.92 Å². The van der Waals surface area contributed by atoms with Crippen molar-refractivity contribution in [2.24, 2.45) is 0 Å². The monoisotopic (exact) mass is 283 g/mol. The third-order valence-electron chi connectivity index (χ3n) is 4.75. The van der Waals surface area contributed by atoms with Gasteiger partial charge in [-0.15, -0.1) is 0 Å². The molecule has 3 N–H and O–H groups in total. The molecule has 0 bridgehead atoms. The van der Waals surface area contributed by atoms with Crippen LogP contribution in [0.4, 0.5) is 5.82 Å². The molecule has 1 fully saturated rings. The van der Waals surface area contributed by atoms with Crippen molar-refractivity contribution in [1.82, 2.24) is 10.2 Å². The Morgan fingerprint density at radius 3 is 2.43 bits per heavy atom. The number of rotatable bonds is 2. The fourth-order valence-corrected chi connectivity index (χ4v) is 3.55.